The van der Waals surface area contributed by atoms with Gasteiger partial charge in [0.15, 0.2) is 0 Å². The summed E-state index contributed by atoms with van der Waals surface area (Å²) in [5.74, 6) is 0.0546. The van der Waals surface area contributed by atoms with Gasteiger partial charge in [-0.15, -0.1) is 0 Å². The summed E-state index contributed by atoms with van der Waals surface area (Å²) in [6.07, 6.45) is -2.24. The molecule has 0 spiro atoms. The fraction of sp³-hybridized carbons (Fsp3) is 0.375. The Morgan fingerprint density at radius 3 is 2.79 bits per heavy atom. The predicted molar refractivity (Wildman–Crippen MR) is 81.7 cm³/mol. The van der Waals surface area contributed by atoms with Crippen LogP contribution in [0.5, 0.6) is 5.75 Å². The SMILES string of the molecule is O=C(COCC(F)(F)F)NCCCOc1cccc2cccnc12. The number of hydrogen-bond donors (Lipinski definition) is 1. The minimum Gasteiger partial charge on any atom is -0.491 e. The summed E-state index contributed by atoms with van der Waals surface area (Å²) in [7, 11) is 0. The van der Waals surface area contributed by atoms with Crippen LogP contribution in [0.4, 0.5) is 13.2 Å². The Morgan fingerprint density at radius 1 is 1.21 bits per heavy atom. The molecule has 0 fully saturated rings. The maximum atomic E-state index is 11.9. The van der Waals surface area contributed by atoms with Gasteiger partial charge >= 0.3 is 6.18 Å². The van der Waals surface area contributed by atoms with Crippen molar-refractivity contribution in [2.24, 2.45) is 0 Å². The van der Waals surface area contributed by atoms with Crippen molar-refractivity contribution in [2.75, 3.05) is 26.4 Å². The molecule has 0 aliphatic carbocycles. The van der Waals surface area contributed by atoms with Crippen LogP contribution in [0.1, 0.15) is 6.42 Å². The van der Waals surface area contributed by atoms with Crippen LogP contribution in [-0.4, -0.2) is 43.4 Å². The largest absolute Gasteiger partial charge is 0.491 e. The first-order valence-electron chi connectivity index (χ1n) is 7.33. The molecule has 0 bridgehead atoms. The Hall–Kier alpha value is -2.35. The van der Waals surface area contributed by atoms with Gasteiger partial charge in [-0.05, 0) is 18.6 Å². The molecule has 2 rings (SSSR count). The highest BCUT2D eigenvalue weighted by Crippen LogP contribution is 2.22. The van der Waals surface area contributed by atoms with E-state index in [2.05, 4.69) is 15.0 Å². The van der Waals surface area contributed by atoms with Gasteiger partial charge in [-0.25, -0.2) is 0 Å². The van der Waals surface area contributed by atoms with Gasteiger partial charge in [-0.1, -0.05) is 18.2 Å². The minimum absolute atomic E-state index is 0.284. The second-order valence-corrected chi connectivity index (χ2v) is 4.99. The van der Waals surface area contributed by atoms with E-state index in [-0.39, 0.29) is 6.54 Å². The normalized spacial score (nSPS) is 11.5. The molecule has 1 heterocycles. The molecule has 1 aromatic carbocycles. The smallest absolute Gasteiger partial charge is 0.411 e. The van der Waals surface area contributed by atoms with E-state index in [1.807, 2.05) is 24.3 Å². The second-order valence-electron chi connectivity index (χ2n) is 4.99. The van der Waals surface area contributed by atoms with E-state index in [9.17, 15) is 18.0 Å². The van der Waals surface area contributed by atoms with Gasteiger partial charge in [0.1, 0.15) is 24.5 Å². The summed E-state index contributed by atoms with van der Waals surface area (Å²) in [6.45, 7) is -1.42. The predicted octanol–water partition coefficient (Wildman–Crippen LogP) is 2.70. The van der Waals surface area contributed by atoms with Crippen LogP contribution < -0.4 is 10.1 Å². The Morgan fingerprint density at radius 2 is 2.00 bits per heavy atom. The van der Waals surface area contributed by atoms with Crippen LogP contribution in [0.15, 0.2) is 36.5 Å². The van der Waals surface area contributed by atoms with Crippen molar-refractivity contribution in [3.8, 4) is 5.75 Å². The number of rotatable bonds is 8. The monoisotopic (exact) mass is 342 g/mol. The molecule has 1 aromatic heterocycles. The lowest BCUT2D eigenvalue weighted by Crippen LogP contribution is -2.31. The van der Waals surface area contributed by atoms with Crippen LogP contribution in [0.25, 0.3) is 10.9 Å². The van der Waals surface area contributed by atoms with E-state index in [1.54, 1.807) is 12.3 Å². The quantitative estimate of drug-likeness (QED) is 0.750. The molecule has 8 heteroatoms. The molecule has 0 aliphatic rings. The standard InChI is InChI=1S/C16H17F3N2O3/c17-16(18,19)11-23-10-14(22)20-8-3-9-24-13-6-1-4-12-5-2-7-21-15(12)13/h1-2,4-7H,3,8-11H2,(H,20,22). The molecule has 1 N–H and O–H groups in total. The third kappa shape index (κ3) is 6.04. The van der Waals surface area contributed by atoms with Crippen LogP contribution in [0, 0.1) is 0 Å². The number of para-hydroxylation sites is 1. The Labute approximate surface area is 136 Å². The van der Waals surface area contributed by atoms with Crippen LogP contribution in [0.2, 0.25) is 0 Å². The first-order chi connectivity index (χ1) is 11.5. The lowest BCUT2D eigenvalue weighted by atomic mass is 10.2. The number of carbonyl (C=O) groups excluding carboxylic acids is 1. The van der Waals surface area contributed by atoms with Crippen molar-refractivity contribution in [1.29, 1.82) is 0 Å². The number of aromatic nitrogens is 1. The number of benzene rings is 1. The van der Waals surface area contributed by atoms with Crippen molar-refractivity contribution in [3.63, 3.8) is 0 Å². The van der Waals surface area contributed by atoms with Gasteiger partial charge in [0, 0.05) is 18.1 Å². The van der Waals surface area contributed by atoms with E-state index in [0.717, 1.165) is 10.9 Å². The van der Waals surface area contributed by atoms with E-state index in [1.165, 1.54) is 0 Å². The van der Waals surface area contributed by atoms with E-state index in [0.29, 0.717) is 18.8 Å². The number of halogens is 3. The van der Waals surface area contributed by atoms with E-state index < -0.39 is 25.3 Å². The van der Waals surface area contributed by atoms with Gasteiger partial charge in [0.25, 0.3) is 0 Å². The van der Waals surface area contributed by atoms with Gasteiger partial charge in [0.05, 0.1) is 6.61 Å². The summed E-state index contributed by atoms with van der Waals surface area (Å²) in [4.78, 5) is 15.5. The zero-order chi connectivity index (χ0) is 17.4. The Kier molecular flexibility index (Phi) is 6.36. The van der Waals surface area contributed by atoms with Gasteiger partial charge < -0.3 is 14.8 Å². The molecule has 0 radical (unpaired) electrons. The molecule has 0 aliphatic heterocycles. The minimum atomic E-state index is -4.43. The highest BCUT2D eigenvalue weighted by Gasteiger charge is 2.27. The zero-order valence-corrected chi connectivity index (χ0v) is 12.8. The molecule has 5 nitrogen and oxygen atoms in total. The molecule has 24 heavy (non-hydrogen) atoms. The van der Waals surface area contributed by atoms with Crippen molar-refractivity contribution < 1.29 is 27.4 Å². The fourth-order valence-corrected chi connectivity index (χ4v) is 1.99. The number of nitrogens with one attached hydrogen (secondary N) is 1. The molecular formula is C16H17F3N2O3. The van der Waals surface area contributed by atoms with Gasteiger partial charge in [-0.2, -0.15) is 13.2 Å². The van der Waals surface area contributed by atoms with Gasteiger partial charge in [0.2, 0.25) is 5.91 Å². The van der Waals surface area contributed by atoms with Gasteiger partial charge in [-0.3, -0.25) is 9.78 Å². The lowest BCUT2D eigenvalue weighted by molar-refractivity contribution is -0.175. The van der Waals surface area contributed by atoms with Crippen molar-refractivity contribution in [2.45, 2.75) is 12.6 Å². The summed E-state index contributed by atoms with van der Waals surface area (Å²) < 4.78 is 45.4. The number of ether oxygens (including phenoxy) is 2. The topological polar surface area (TPSA) is 60.5 Å². The highest BCUT2D eigenvalue weighted by atomic mass is 19.4. The Bertz CT molecular complexity index is 672. The molecule has 0 unspecified atom stereocenters. The molecular weight excluding hydrogens is 325 g/mol. The van der Waals surface area contributed by atoms with Crippen LogP contribution >= 0.6 is 0 Å². The number of alkyl halides is 3. The molecule has 130 valence electrons. The fourth-order valence-electron chi connectivity index (χ4n) is 1.99. The zero-order valence-electron chi connectivity index (χ0n) is 12.8. The molecule has 0 saturated heterocycles. The highest BCUT2D eigenvalue weighted by molar-refractivity contribution is 5.84. The maximum absolute atomic E-state index is 11.9. The number of amides is 1. The lowest BCUT2D eigenvalue weighted by Gasteiger charge is -2.10. The average Bonchev–Trinajstić information content (AvgIpc) is 2.53. The van der Waals surface area contributed by atoms with E-state index in [4.69, 9.17) is 4.74 Å². The number of hydrogen-bond acceptors (Lipinski definition) is 4. The molecule has 0 atom stereocenters. The number of fused-ring (bicyclic) bond motifs is 1. The van der Waals surface area contributed by atoms with E-state index >= 15 is 0 Å². The summed E-state index contributed by atoms with van der Waals surface area (Å²) in [6, 6.07) is 9.35. The summed E-state index contributed by atoms with van der Waals surface area (Å²) in [5, 5.41) is 3.43. The number of pyridine rings is 1. The first kappa shape index (κ1) is 18.0. The third-order valence-corrected chi connectivity index (χ3v) is 3.00. The number of carbonyl (C=O) groups is 1. The molecule has 2 aromatic rings. The third-order valence-electron chi connectivity index (χ3n) is 3.00. The molecule has 0 saturated carbocycles. The van der Waals surface area contributed by atoms with Crippen LogP contribution in [-0.2, 0) is 9.53 Å². The summed E-state index contributed by atoms with van der Waals surface area (Å²) in [5.41, 5.74) is 0.754. The van der Waals surface area contributed by atoms with Crippen LogP contribution in [0.3, 0.4) is 0 Å². The number of nitrogens with zero attached hydrogens (tertiary/aromatic N) is 1. The molecule has 1 amide bonds. The van der Waals surface area contributed by atoms with Crippen molar-refractivity contribution in [3.05, 3.63) is 36.5 Å². The maximum Gasteiger partial charge on any atom is 0.411 e. The van der Waals surface area contributed by atoms with Crippen molar-refractivity contribution >= 4 is 16.8 Å². The van der Waals surface area contributed by atoms with Crippen molar-refractivity contribution in [1.82, 2.24) is 10.3 Å². The summed E-state index contributed by atoms with van der Waals surface area (Å²) >= 11 is 0. The second kappa shape index (κ2) is 8.49. The average molecular weight is 342 g/mol. The Balaban J connectivity index is 1.65. The first-order valence-corrected chi connectivity index (χ1v) is 7.33.